The second-order valence-corrected chi connectivity index (χ2v) is 5.86. The summed E-state index contributed by atoms with van der Waals surface area (Å²) in [6.45, 7) is 0.890. The molecule has 0 aliphatic carbocycles. The molecular formula is C17H21F3N2O5. The predicted molar refractivity (Wildman–Crippen MR) is 88.7 cm³/mol. The van der Waals surface area contributed by atoms with Crippen molar-refractivity contribution in [2.24, 2.45) is 0 Å². The molecule has 1 aromatic carbocycles. The number of hydrogen-bond acceptors (Lipinski definition) is 6. The topological polar surface area (TPSA) is 77.1 Å². The third kappa shape index (κ3) is 6.97. The molecule has 1 fully saturated rings. The van der Waals surface area contributed by atoms with Gasteiger partial charge in [-0.1, -0.05) is 6.07 Å². The first kappa shape index (κ1) is 20.8. The van der Waals surface area contributed by atoms with E-state index in [4.69, 9.17) is 9.47 Å². The van der Waals surface area contributed by atoms with Gasteiger partial charge in [-0.25, -0.2) is 0 Å². The van der Waals surface area contributed by atoms with E-state index in [1.165, 1.54) is 25.3 Å². The summed E-state index contributed by atoms with van der Waals surface area (Å²) in [6.07, 6.45) is -4.91. The van der Waals surface area contributed by atoms with Crippen molar-refractivity contribution in [3.63, 3.8) is 0 Å². The summed E-state index contributed by atoms with van der Waals surface area (Å²) in [5, 5.41) is 3.15. The van der Waals surface area contributed by atoms with Gasteiger partial charge in [0.15, 0.2) is 24.7 Å². The number of amides is 1. The van der Waals surface area contributed by atoms with E-state index >= 15 is 0 Å². The molecule has 1 saturated heterocycles. The zero-order valence-corrected chi connectivity index (χ0v) is 14.8. The fraction of sp³-hybridized carbons (Fsp3) is 0.529. The third-order valence-electron chi connectivity index (χ3n) is 3.79. The minimum atomic E-state index is -4.57. The Kier molecular flexibility index (Phi) is 7.28. The zero-order valence-electron chi connectivity index (χ0n) is 14.8. The number of nitrogens with one attached hydrogen (secondary N) is 1. The third-order valence-corrected chi connectivity index (χ3v) is 3.79. The Morgan fingerprint density at radius 2 is 1.89 bits per heavy atom. The summed E-state index contributed by atoms with van der Waals surface area (Å²) < 4.78 is 51.0. The fourth-order valence-electron chi connectivity index (χ4n) is 2.47. The zero-order chi connectivity index (χ0) is 19.9. The summed E-state index contributed by atoms with van der Waals surface area (Å²) in [5.74, 6) is -0.590. The highest BCUT2D eigenvalue weighted by Crippen LogP contribution is 2.28. The lowest BCUT2D eigenvalue weighted by atomic mass is 10.1. The van der Waals surface area contributed by atoms with Crippen LogP contribution in [0.5, 0.6) is 11.5 Å². The number of rotatable bonds is 7. The van der Waals surface area contributed by atoms with Crippen LogP contribution in [-0.2, 0) is 20.7 Å². The van der Waals surface area contributed by atoms with Gasteiger partial charge in [0.25, 0.3) is 5.91 Å². The maximum atomic E-state index is 12.1. The van der Waals surface area contributed by atoms with Crippen LogP contribution in [0.2, 0.25) is 0 Å². The number of methoxy groups -OCH3 is 1. The lowest BCUT2D eigenvalue weighted by Crippen LogP contribution is -2.47. The Labute approximate surface area is 154 Å². The van der Waals surface area contributed by atoms with Gasteiger partial charge in [-0.3, -0.25) is 9.59 Å². The minimum absolute atomic E-state index is 0.154. The van der Waals surface area contributed by atoms with E-state index in [9.17, 15) is 22.8 Å². The molecule has 1 amide bonds. The number of benzene rings is 1. The van der Waals surface area contributed by atoms with Crippen molar-refractivity contribution in [2.75, 3.05) is 46.5 Å². The van der Waals surface area contributed by atoms with Crippen LogP contribution in [0.3, 0.4) is 0 Å². The molecule has 0 atom stereocenters. The van der Waals surface area contributed by atoms with E-state index in [-0.39, 0.29) is 24.7 Å². The summed E-state index contributed by atoms with van der Waals surface area (Å²) >= 11 is 0. The van der Waals surface area contributed by atoms with E-state index in [2.05, 4.69) is 10.1 Å². The van der Waals surface area contributed by atoms with Crippen LogP contribution in [0.15, 0.2) is 18.2 Å². The van der Waals surface area contributed by atoms with Crippen molar-refractivity contribution in [1.82, 2.24) is 10.2 Å². The van der Waals surface area contributed by atoms with Crippen molar-refractivity contribution < 1.29 is 37.0 Å². The van der Waals surface area contributed by atoms with E-state index in [0.29, 0.717) is 24.4 Å². The van der Waals surface area contributed by atoms with Crippen molar-refractivity contribution >= 4 is 11.9 Å². The number of carbonyl (C=O) groups excluding carboxylic acids is 2. The molecular weight excluding hydrogens is 369 g/mol. The molecule has 10 heteroatoms. The van der Waals surface area contributed by atoms with Crippen LogP contribution in [0, 0.1) is 0 Å². The first-order chi connectivity index (χ1) is 12.8. The largest absolute Gasteiger partial charge is 0.493 e. The van der Waals surface area contributed by atoms with Gasteiger partial charge in [-0.15, -0.1) is 0 Å². The molecule has 0 radical (unpaired) electrons. The number of carbonyl (C=O) groups is 2. The van der Waals surface area contributed by atoms with Gasteiger partial charge in [0.1, 0.15) is 0 Å². The molecule has 0 aromatic heterocycles. The van der Waals surface area contributed by atoms with Gasteiger partial charge in [0, 0.05) is 26.2 Å². The number of alkyl halides is 3. The Balaban J connectivity index is 1.91. The summed E-state index contributed by atoms with van der Waals surface area (Å²) in [7, 11) is 1.38. The normalized spacial score (nSPS) is 14.6. The molecule has 0 saturated carbocycles. The predicted octanol–water partition coefficient (Wildman–Crippen LogP) is 1.15. The molecule has 1 N–H and O–H groups in total. The van der Waals surface area contributed by atoms with Gasteiger partial charge in [-0.2, -0.15) is 13.2 Å². The molecule has 1 aromatic rings. The van der Waals surface area contributed by atoms with Gasteiger partial charge in [0.2, 0.25) is 0 Å². The van der Waals surface area contributed by atoms with E-state index in [1.54, 1.807) is 4.90 Å². The molecule has 0 bridgehead atoms. The standard InChI is InChI=1S/C17H21F3N2O5/c1-25-14-8-12(9-16(24)27-11-17(18,19)20)2-3-13(14)26-10-15(23)22-6-4-21-5-7-22/h2-3,8,21H,4-7,9-11H2,1H3. The first-order valence-electron chi connectivity index (χ1n) is 8.29. The smallest absolute Gasteiger partial charge is 0.422 e. The minimum Gasteiger partial charge on any atom is -0.493 e. The highest BCUT2D eigenvalue weighted by molar-refractivity contribution is 5.78. The first-order valence-corrected chi connectivity index (χ1v) is 8.29. The molecule has 0 spiro atoms. The van der Waals surface area contributed by atoms with Crippen LogP contribution in [0.25, 0.3) is 0 Å². The second kappa shape index (κ2) is 9.45. The van der Waals surface area contributed by atoms with Crippen LogP contribution in [0.4, 0.5) is 13.2 Å². The van der Waals surface area contributed by atoms with Gasteiger partial charge in [-0.05, 0) is 17.7 Å². The maximum absolute atomic E-state index is 12.1. The van der Waals surface area contributed by atoms with Crippen molar-refractivity contribution in [2.45, 2.75) is 12.6 Å². The SMILES string of the molecule is COc1cc(CC(=O)OCC(F)(F)F)ccc1OCC(=O)N1CCNCC1. The molecule has 1 aliphatic rings. The Hall–Kier alpha value is -2.49. The average molecular weight is 390 g/mol. The number of esters is 1. The second-order valence-electron chi connectivity index (χ2n) is 5.86. The Morgan fingerprint density at radius 3 is 2.52 bits per heavy atom. The van der Waals surface area contributed by atoms with E-state index < -0.39 is 18.8 Å². The highest BCUT2D eigenvalue weighted by Gasteiger charge is 2.29. The number of halogens is 3. The summed E-state index contributed by atoms with van der Waals surface area (Å²) in [4.78, 5) is 25.3. The number of hydrogen-bond donors (Lipinski definition) is 1. The fourth-order valence-corrected chi connectivity index (χ4v) is 2.47. The molecule has 2 rings (SSSR count). The lowest BCUT2D eigenvalue weighted by Gasteiger charge is -2.27. The van der Waals surface area contributed by atoms with Crippen LogP contribution < -0.4 is 14.8 Å². The monoisotopic (exact) mass is 390 g/mol. The quantitative estimate of drug-likeness (QED) is 0.704. The summed E-state index contributed by atoms with van der Waals surface area (Å²) in [6, 6.07) is 4.46. The van der Waals surface area contributed by atoms with Crippen LogP contribution in [0.1, 0.15) is 5.56 Å². The summed E-state index contributed by atoms with van der Waals surface area (Å²) in [5.41, 5.74) is 0.403. The molecule has 1 heterocycles. The molecule has 150 valence electrons. The Bertz CT molecular complexity index is 660. The van der Waals surface area contributed by atoms with Crippen LogP contribution in [-0.4, -0.2) is 69.5 Å². The van der Waals surface area contributed by atoms with Crippen molar-refractivity contribution in [1.29, 1.82) is 0 Å². The lowest BCUT2D eigenvalue weighted by molar-refractivity contribution is -0.185. The highest BCUT2D eigenvalue weighted by atomic mass is 19.4. The van der Waals surface area contributed by atoms with Crippen molar-refractivity contribution in [3.05, 3.63) is 23.8 Å². The van der Waals surface area contributed by atoms with Gasteiger partial charge >= 0.3 is 12.1 Å². The van der Waals surface area contributed by atoms with Gasteiger partial charge in [0.05, 0.1) is 13.5 Å². The number of nitrogens with zero attached hydrogens (tertiary/aromatic N) is 1. The van der Waals surface area contributed by atoms with E-state index in [0.717, 1.165) is 13.1 Å². The average Bonchev–Trinajstić information content (AvgIpc) is 2.65. The Morgan fingerprint density at radius 1 is 1.19 bits per heavy atom. The number of ether oxygens (including phenoxy) is 3. The molecule has 1 aliphatic heterocycles. The van der Waals surface area contributed by atoms with Crippen molar-refractivity contribution in [3.8, 4) is 11.5 Å². The number of piperazine rings is 1. The molecule has 27 heavy (non-hydrogen) atoms. The maximum Gasteiger partial charge on any atom is 0.422 e. The van der Waals surface area contributed by atoms with Gasteiger partial charge < -0.3 is 24.4 Å². The molecule has 7 nitrogen and oxygen atoms in total. The van der Waals surface area contributed by atoms with E-state index in [1.807, 2.05) is 0 Å². The van der Waals surface area contributed by atoms with Crippen LogP contribution >= 0.6 is 0 Å². The molecule has 0 unspecified atom stereocenters.